The maximum atomic E-state index is 13.0. The molecule has 176 valence electrons. The van der Waals surface area contributed by atoms with Crippen LogP contribution in [0.1, 0.15) is 35.0 Å². The van der Waals surface area contributed by atoms with Crippen LogP contribution in [0.5, 0.6) is 0 Å². The standard InChI is InChI=1S/C25H27N5O2S2/c1-18-9-11-22(12-10-18)34(31,32)29-23(21-7-5-4-6-8-21)15-16-33-25-14-13-24(26-27-25)30-20(3)17-19(2)28-30/h4-14,17,23,29H,15-16H2,1-3H3/t23-/m1/s1. The van der Waals surface area contributed by atoms with Crippen LogP contribution < -0.4 is 4.72 Å². The van der Waals surface area contributed by atoms with E-state index in [-0.39, 0.29) is 10.9 Å². The van der Waals surface area contributed by atoms with E-state index >= 15 is 0 Å². The lowest BCUT2D eigenvalue weighted by Gasteiger charge is -2.19. The van der Waals surface area contributed by atoms with E-state index in [0.29, 0.717) is 18.0 Å². The molecule has 0 saturated heterocycles. The molecule has 34 heavy (non-hydrogen) atoms. The van der Waals surface area contributed by atoms with Crippen molar-refractivity contribution in [3.63, 3.8) is 0 Å². The van der Waals surface area contributed by atoms with Gasteiger partial charge in [-0.15, -0.1) is 22.0 Å². The molecule has 0 bridgehead atoms. The van der Waals surface area contributed by atoms with Crippen molar-refractivity contribution in [1.82, 2.24) is 24.7 Å². The molecule has 0 fully saturated rings. The topological polar surface area (TPSA) is 89.8 Å². The summed E-state index contributed by atoms with van der Waals surface area (Å²) in [5.41, 5.74) is 3.86. The number of nitrogens with one attached hydrogen (secondary N) is 1. The lowest BCUT2D eigenvalue weighted by Crippen LogP contribution is -2.29. The Bertz CT molecular complexity index is 1340. The monoisotopic (exact) mass is 493 g/mol. The first-order valence-corrected chi connectivity index (χ1v) is 13.4. The van der Waals surface area contributed by atoms with Crippen LogP contribution in [0.4, 0.5) is 0 Å². The van der Waals surface area contributed by atoms with Gasteiger partial charge in [0.1, 0.15) is 5.03 Å². The van der Waals surface area contributed by atoms with E-state index in [4.69, 9.17) is 0 Å². The first-order chi connectivity index (χ1) is 16.3. The highest BCUT2D eigenvalue weighted by atomic mass is 32.2. The van der Waals surface area contributed by atoms with Crippen molar-refractivity contribution < 1.29 is 8.42 Å². The maximum Gasteiger partial charge on any atom is 0.241 e. The molecule has 0 aliphatic carbocycles. The predicted octanol–water partition coefficient (Wildman–Crippen LogP) is 4.79. The smallest absolute Gasteiger partial charge is 0.218 e. The Kier molecular flexibility index (Phi) is 7.45. The number of hydrogen-bond acceptors (Lipinski definition) is 6. The van der Waals surface area contributed by atoms with Crippen molar-refractivity contribution >= 4 is 21.8 Å². The lowest BCUT2D eigenvalue weighted by molar-refractivity contribution is 0.551. The van der Waals surface area contributed by atoms with Crippen LogP contribution in [0.2, 0.25) is 0 Å². The van der Waals surface area contributed by atoms with E-state index in [1.54, 1.807) is 40.7 Å². The van der Waals surface area contributed by atoms with E-state index in [1.807, 2.05) is 69.3 Å². The molecule has 2 aromatic carbocycles. The Hall–Kier alpha value is -3.01. The second-order valence-electron chi connectivity index (χ2n) is 8.10. The van der Waals surface area contributed by atoms with Gasteiger partial charge in [0.15, 0.2) is 5.82 Å². The molecule has 1 N–H and O–H groups in total. The minimum absolute atomic E-state index is 0.261. The van der Waals surface area contributed by atoms with Gasteiger partial charge >= 0.3 is 0 Å². The van der Waals surface area contributed by atoms with E-state index in [2.05, 4.69) is 20.0 Å². The molecule has 0 saturated carbocycles. The molecule has 1 atom stereocenters. The fourth-order valence-corrected chi connectivity index (χ4v) is 5.68. The van der Waals surface area contributed by atoms with E-state index in [9.17, 15) is 8.42 Å². The van der Waals surface area contributed by atoms with Crippen molar-refractivity contribution in [2.24, 2.45) is 0 Å². The zero-order valence-electron chi connectivity index (χ0n) is 19.3. The summed E-state index contributed by atoms with van der Waals surface area (Å²) in [5, 5.41) is 13.8. The zero-order chi connectivity index (χ0) is 24.1. The van der Waals surface area contributed by atoms with Crippen LogP contribution in [0.25, 0.3) is 5.82 Å². The number of hydrogen-bond donors (Lipinski definition) is 1. The summed E-state index contributed by atoms with van der Waals surface area (Å²) >= 11 is 1.54. The van der Waals surface area contributed by atoms with Gasteiger partial charge in [-0.25, -0.2) is 17.8 Å². The number of nitrogens with zero attached hydrogens (tertiary/aromatic N) is 4. The molecular weight excluding hydrogens is 466 g/mol. The fraction of sp³-hybridized carbons (Fsp3) is 0.240. The van der Waals surface area contributed by atoms with Gasteiger partial charge in [0.2, 0.25) is 10.0 Å². The van der Waals surface area contributed by atoms with Gasteiger partial charge in [-0.1, -0.05) is 48.0 Å². The number of thioether (sulfide) groups is 1. The maximum absolute atomic E-state index is 13.0. The number of sulfonamides is 1. The molecular formula is C25H27N5O2S2. The molecule has 4 rings (SSSR count). The minimum Gasteiger partial charge on any atom is -0.218 e. The molecule has 7 nitrogen and oxygen atoms in total. The highest BCUT2D eigenvalue weighted by Crippen LogP contribution is 2.25. The first kappa shape index (κ1) is 24.1. The Labute approximate surface area is 204 Å². The van der Waals surface area contributed by atoms with Crippen LogP contribution in [0.15, 0.2) is 82.7 Å². The fourth-order valence-electron chi connectivity index (χ4n) is 3.60. The van der Waals surface area contributed by atoms with Gasteiger partial charge in [0.05, 0.1) is 10.6 Å². The molecule has 0 aliphatic heterocycles. The van der Waals surface area contributed by atoms with Crippen molar-refractivity contribution in [3.05, 3.63) is 95.3 Å². The van der Waals surface area contributed by atoms with Crippen LogP contribution >= 0.6 is 11.8 Å². The van der Waals surface area contributed by atoms with Gasteiger partial charge in [-0.2, -0.15) is 5.10 Å². The van der Waals surface area contributed by atoms with Crippen molar-refractivity contribution in [2.75, 3.05) is 5.75 Å². The molecule has 0 aliphatic rings. The van der Waals surface area contributed by atoms with E-state index < -0.39 is 10.0 Å². The summed E-state index contributed by atoms with van der Waals surface area (Å²) in [6.07, 6.45) is 0.598. The molecule has 0 radical (unpaired) electrons. The van der Waals surface area contributed by atoms with Crippen molar-refractivity contribution in [1.29, 1.82) is 0 Å². The minimum atomic E-state index is -3.65. The number of benzene rings is 2. The number of rotatable bonds is 9. The van der Waals surface area contributed by atoms with Crippen LogP contribution in [-0.2, 0) is 10.0 Å². The Morgan fingerprint density at radius 2 is 1.68 bits per heavy atom. The normalized spacial score (nSPS) is 12.6. The van der Waals surface area contributed by atoms with E-state index in [1.165, 1.54) is 0 Å². The third-order valence-electron chi connectivity index (χ3n) is 5.34. The number of aromatic nitrogens is 4. The molecule has 9 heteroatoms. The van der Waals surface area contributed by atoms with Gasteiger partial charge in [0, 0.05) is 17.5 Å². The summed E-state index contributed by atoms with van der Waals surface area (Å²) in [6, 6.07) is 21.9. The summed E-state index contributed by atoms with van der Waals surface area (Å²) in [6.45, 7) is 5.85. The van der Waals surface area contributed by atoms with Gasteiger partial charge in [-0.3, -0.25) is 0 Å². The van der Waals surface area contributed by atoms with Crippen LogP contribution in [0.3, 0.4) is 0 Å². The van der Waals surface area contributed by atoms with Gasteiger partial charge in [-0.05, 0) is 63.1 Å². The molecule has 2 heterocycles. The third kappa shape index (κ3) is 5.91. The Balaban J connectivity index is 1.44. The second-order valence-corrected chi connectivity index (χ2v) is 10.9. The average Bonchev–Trinajstić information content (AvgIpc) is 3.17. The van der Waals surface area contributed by atoms with Crippen LogP contribution in [-0.4, -0.2) is 34.1 Å². The van der Waals surface area contributed by atoms with Crippen LogP contribution in [0, 0.1) is 20.8 Å². The number of aryl methyl sites for hydroxylation is 3. The molecule has 2 aromatic heterocycles. The SMILES string of the molecule is Cc1ccc(S(=O)(=O)N[C@H](CCSc2ccc(-n3nc(C)cc3C)nn2)c2ccccc2)cc1. The summed E-state index contributed by atoms with van der Waals surface area (Å²) in [4.78, 5) is 0.261. The molecule has 0 amide bonds. The highest BCUT2D eigenvalue weighted by molar-refractivity contribution is 7.99. The largest absolute Gasteiger partial charge is 0.241 e. The summed E-state index contributed by atoms with van der Waals surface area (Å²) in [5.74, 6) is 1.34. The Morgan fingerprint density at radius 3 is 2.29 bits per heavy atom. The lowest BCUT2D eigenvalue weighted by atomic mass is 10.1. The summed E-state index contributed by atoms with van der Waals surface area (Å²) in [7, 11) is -3.65. The highest BCUT2D eigenvalue weighted by Gasteiger charge is 2.21. The van der Waals surface area contributed by atoms with E-state index in [0.717, 1.165) is 27.5 Å². The van der Waals surface area contributed by atoms with Gasteiger partial charge < -0.3 is 0 Å². The summed E-state index contributed by atoms with van der Waals surface area (Å²) < 4.78 is 30.7. The average molecular weight is 494 g/mol. The molecule has 0 spiro atoms. The predicted molar refractivity (Wildman–Crippen MR) is 135 cm³/mol. The third-order valence-corrected chi connectivity index (χ3v) is 7.78. The second kappa shape index (κ2) is 10.5. The first-order valence-electron chi connectivity index (χ1n) is 11.0. The van der Waals surface area contributed by atoms with Gasteiger partial charge in [0.25, 0.3) is 0 Å². The Morgan fingerprint density at radius 1 is 0.941 bits per heavy atom. The molecule has 0 unspecified atom stereocenters. The quantitative estimate of drug-likeness (QED) is 0.337. The molecule has 4 aromatic rings. The van der Waals surface area contributed by atoms with Crippen molar-refractivity contribution in [3.8, 4) is 5.82 Å². The zero-order valence-corrected chi connectivity index (χ0v) is 21.0. The van der Waals surface area contributed by atoms with Crippen molar-refractivity contribution in [2.45, 2.75) is 43.2 Å².